The van der Waals surface area contributed by atoms with Crippen LogP contribution in [-0.2, 0) is 19.6 Å². The molecule has 0 aromatic heterocycles. The molecule has 1 aliphatic carbocycles. The molecule has 21 heavy (non-hydrogen) atoms. The predicted octanol–water partition coefficient (Wildman–Crippen LogP) is 2.73. The van der Waals surface area contributed by atoms with Gasteiger partial charge in [-0.2, -0.15) is 0 Å². The third-order valence-electron chi connectivity index (χ3n) is 3.81. The van der Waals surface area contributed by atoms with Crippen LogP contribution in [0, 0.1) is 12.8 Å². The van der Waals surface area contributed by atoms with Crippen molar-refractivity contribution >= 4 is 33.3 Å². The Balaban J connectivity index is 2.25. The Labute approximate surface area is 129 Å². The molecular formula is C14H18ClNO4S. The number of hydrogen-bond acceptors (Lipinski definition) is 4. The van der Waals surface area contributed by atoms with Gasteiger partial charge in [0.2, 0.25) is 10.0 Å². The van der Waals surface area contributed by atoms with Crippen LogP contribution in [0.15, 0.2) is 18.2 Å². The first-order valence-electron chi connectivity index (χ1n) is 6.71. The van der Waals surface area contributed by atoms with Crippen molar-refractivity contribution in [3.63, 3.8) is 0 Å². The summed E-state index contributed by atoms with van der Waals surface area (Å²) in [5, 5.41) is -0.308. The summed E-state index contributed by atoms with van der Waals surface area (Å²) in [6.45, 7) is 1.79. The normalized spacial score (nSPS) is 22.0. The molecule has 1 fully saturated rings. The summed E-state index contributed by atoms with van der Waals surface area (Å²) in [5.41, 5.74) is 1.22. The summed E-state index contributed by atoms with van der Waals surface area (Å²) in [5.74, 6) is -1.07. The molecule has 1 aromatic rings. The average Bonchev–Trinajstić information content (AvgIpc) is 2.92. The Morgan fingerprint density at radius 1 is 1.38 bits per heavy atom. The fraction of sp³-hybridized carbons (Fsp3) is 0.500. The van der Waals surface area contributed by atoms with Gasteiger partial charge in [0.1, 0.15) is 0 Å². The first kappa shape index (κ1) is 16.1. The predicted molar refractivity (Wildman–Crippen MR) is 81.9 cm³/mol. The van der Waals surface area contributed by atoms with Crippen LogP contribution in [-0.4, -0.2) is 26.7 Å². The molecule has 2 unspecified atom stereocenters. The number of nitrogens with one attached hydrogen (secondary N) is 1. The second kappa shape index (κ2) is 6.23. The van der Waals surface area contributed by atoms with Crippen molar-refractivity contribution in [1.29, 1.82) is 0 Å². The average molecular weight is 332 g/mol. The summed E-state index contributed by atoms with van der Waals surface area (Å²) >= 11 is 5.90. The summed E-state index contributed by atoms with van der Waals surface area (Å²) in [4.78, 5) is 11.7. The molecule has 1 aromatic carbocycles. The number of carbonyl (C=O) groups is 1. The summed E-state index contributed by atoms with van der Waals surface area (Å²) < 4.78 is 32.3. The maximum absolute atomic E-state index is 12.5. The highest BCUT2D eigenvalue weighted by atomic mass is 35.5. The monoisotopic (exact) mass is 331 g/mol. The van der Waals surface area contributed by atoms with Crippen LogP contribution in [0.2, 0.25) is 5.02 Å². The third kappa shape index (κ3) is 3.49. The minimum Gasteiger partial charge on any atom is -0.469 e. The van der Waals surface area contributed by atoms with Gasteiger partial charge < -0.3 is 4.74 Å². The van der Waals surface area contributed by atoms with Gasteiger partial charge in [-0.15, -0.1) is 0 Å². The molecule has 116 valence electrons. The van der Waals surface area contributed by atoms with Crippen molar-refractivity contribution in [2.45, 2.75) is 31.4 Å². The van der Waals surface area contributed by atoms with E-state index in [1.165, 1.54) is 7.11 Å². The van der Waals surface area contributed by atoms with Gasteiger partial charge in [-0.1, -0.05) is 24.1 Å². The zero-order chi connectivity index (χ0) is 15.6. The van der Waals surface area contributed by atoms with Gasteiger partial charge in [0.05, 0.1) is 24.0 Å². The van der Waals surface area contributed by atoms with E-state index in [-0.39, 0.29) is 0 Å². The minimum absolute atomic E-state index is 0.443. The van der Waals surface area contributed by atoms with Crippen LogP contribution < -0.4 is 4.72 Å². The van der Waals surface area contributed by atoms with Crippen molar-refractivity contribution in [2.75, 3.05) is 11.8 Å². The SMILES string of the molecule is COC(=O)C1CCCC1S(=O)(=O)Nc1cc(Cl)ccc1C. The number of rotatable bonds is 4. The van der Waals surface area contributed by atoms with Gasteiger partial charge in [-0.25, -0.2) is 8.42 Å². The second-order valence-corrected chi connectivity index (χ2v) is 7.54. The lowest BCUT2D eigenvalue weighted by Gasteiger charge is -2.20. The smallest absolute Gasteiger partial charge is 0.310 e. The number of esters is 1. The molecular weight excluding hydrogens is 314 g/mol. The molecule has 7 heteroatoms. The fourth-order valence-corrected chi connectivity index (χ4v) is 4.66. The van der Waals surface area contributed by atoms with Crippen LogP contribution in [0.3, 0.4) is 0 Å². The molecule has 0 radical (unpaired) electrons. The lowest BCUT2D eigenvalue weighted by molar-refractivity contribution is -0.145. The van der Waals surface area contributed by atoms with E-state index in [4.69, 9.17) is 16.3 Å². The minimum atomic E-state index is -3.67. The molecule has 0 amide bonds. The Hall–Kier alpha value is -1.27. The van der Waals surface area contributed by atoms with Gasteiger partial charge in [-0.05, 0) is 37.5 Å². The number of methoxy groups -OCH3 is 1. The molecule has 2 atom stereocenters. The number of anilines is 1. The largest absolute Gasteiger partial charge is 0.469 e. The van der Waals surface area contributed by atoms with Crippen LogP contribution in [0.4, 0.5) is 5.69 Å². The van der Waals surface area contributed by atoms with E-state index in [0.717, 1.165) is 5.56 Å². The van der Waals surface area contributed by atoms with Crippen molar-refractivity contribution in [3.05, 3.63) is 28.8 Å². The zero-order valence-corrected chi connectivity index (χ0v) is 13.5. The molecule has 1 saturated carbocycles. The molecule has 2 rings (SSSR count). The maximum atomic E-state index is 12.5. The Bertz CT molecular complexity index is 644. The highest BCUT2D eigenvalue weighted by Gasteiger charge is 2.42. The van der Waals surface area contributed by atoms with Crippen molar-refractivity contribution in [2.24, 2.45) is 5.92 Å². The highest BCUT2D eigenvalue weighted by Crippen LogP contribution is 2.33. The number of hydrogen-bond donors (Lipinski definition) is 1. The lowest BCUT2D eigenvalue weighted by atomic mass is 10.1. The summed E-state index contributed by atoms with van der Waals surface area (Å²) in [6, 6.07) is 5.00. The van der Waals surface area contributed by atoms with Crippen LogP contribution >= 0.6 is 11.6 Å². The van der Waals surface area contributed by atoms with E-state index >= 15 is 0 Å². The molecule has 0 heterocycles. The standard InChI is InChI=1S/C14H18ClNO4S/c1-9-6-7-10(15)8-12(9)16-21(18,19)13-5-3-4-11(13)14(17)20-2/h6-8,11,13,16H,3-5H2,1-2H3. The highest BCUT2D eigenvalue weighted by molar-refractivity contribution is 7.93. The molecule has 0 saturated heterocycles. The fourth-order valence-electron chi connectivity index (χ4n) is 2.65. The van der Waals surface area contributed by atoms with Crippen molar-refractivity contribution in [1.82, 2.24) is 0 Å². The number of sulfonamides is 1. The van der Waals surface area contributed by atoms with Crippen molar-refractivity contribution < 1.29 is 17.9 Å². The van der Waals surface area contributed by atoms with E-state index in [0.29, 0.717) is 30.0 Å². The van der Waals surface area contributed by atoms with Crippen LogP contribution in [0.25, 0.3) is 0 Å². The molecule has 1 aliphatic rings. The van der Waals surface area contributed by atoms with Gasteiger partial charge in [0, 0.05) is 5.02 Å². The first-order chi connectivity index (χ1) is 9.85. The van der Waals surface area contributed by atoms with E-state index in [2.05, 4.69) is 4.72 Å². The Morgan fingerprint density at radius 3 is 2.76 bits per heavy atom. The van der Waals surface area contributed by atoms with E-state index < -0.39 is 27.2 Å². The second-order valence-electron chi connectivity index (χ2n) is 5.21. The Kier molecular flexibility index (Phi) is 4.78. The van der Waals surface area contributed by atoms with E-state index in [9.17, 15) is 13.2 Å². The molecule has 0 spiro atoms. The number of benzene rings is 1. The number of carbonyl (C=O) groups excluding carboxylic acids is 1. The van der Waals surface area contributed by atoms with Gasteiger partial charge in [0.25, 0.3) is 0 Å². The summed E-state index contributed by atoms with van der Waals surface area (Å²) in [6.07, 6.45) is 1.68. The van der Waals surface area contributed by atoms with E-state index in [1.54, 1.807) is 25.1 Å². The van der Waals surface area contributed by atoms with Gasteiger partial charge >= 0.3 is 5.97 Å². The third-order valence-corrected chi connectivity index (χ3v) is 5.91. The lowest BCUT2D eigenvalue weighted by Crippen LogP contribution is -2.35. The first-order valence-corrected chi connectivity index (χ1v) is 8.63. The van der Waals surface area contributed by atoms with Crippen LogP contribution in [0.5, 0.6) is 0 Å². The topological polar surface area (TPSA) is 72.5 Å². The maximum Gasteiger partial charge on any atom is 0.310 e. The number of ether oxygens (including phenoxy) is 1. The molecule has 1 N–H and O–H groups in total. The number of halogens is 1. The van der Waals surface area contributed by atoms with E-state index in [1.807, 2.05) is 0 Å². The Morgan fingerprint density at radius 2 is 2.10 bits per heavy atom. The number of aryl methyl sites for hydroxylation is 1. The van der Waals surface area contributed by atoms with Gasteiger partial charge in [0.15, 0.2) is 0 Å². The quantitative estimate of drug-likeness (QED) is 0.861. The molecule has 0 bridgehead atoms. The van der Waals surface area contributed by atoms with Crippen LogP contribution in [0.1, 0.15) is 24.8 Å². The zero-order valence-electron chi connectivity index (χ0n) is 11.9. The van der Waals surface area contributed by atoms with Gasteiger partial charge in [-0.3, -0.25) is 9.52 Å². The van der Waals surface area contributed by atoms with Crippen molar-refractivity contribution in [3.8, 4) is 0 Å². The molecule has 5 nitrogen and oxygen atoms in total. The summed E-state index contributed by atoms with van der Waals surface area (Å²) in [7, 11) is -2.39. The molecule has 0 aliphatic heterocycles.